The van der Waals surface area contributed by atoms with Crippen molar-refractivity contribution in [3.63, 3.8) is 0 Å². The first-order valence-electron chi connectivity index (χ1n) is 5.37. The number of pyridine rings is 1. The zero-order valence-corrected chi connectivity index (χ0v) is 9.59. The van der Waals surface area contributed by atoms with Gasteiger partial charge >= 0.3 is 5.97 Å². The predicted octanol–water partition coefficient (Wildman–Crippen LogP) is 2.46. The van der Waals surface area contributed by atoms with Gasteiger partial charge in [-0.2, -0.15) is 0 Å². The third-order valence-corrected chi connectivity index (χ3v) is 2.49. The molecule has 0 bridgehead atoms. The molecule has 0 atom stereocenters. The molecule has 2 rings (SSSR count). The Kier molecular flexibility index (Phi) is 3.50. The summed E-state index contributed by atoms with van der Waals surface area (Å²) >= 11 is 0. The molecule has 0 saturated heterocycles. The summed E-state index contributed by atoms with van der Waals surface area (Å²) in [5.74, 6) is -0.226. The second-order valence-electron chi connectivity index (χ2n) is 3.66. The largest absolute Gasteiger partial charge is 0.469 e. The molecule has 0 fully saturated rings. The maximum atomic E-state index is 11.1. The highest BCUT2D eigenvalue weighted by Crippen LogP contribution is 2.17. The summed E-state index contributed by atoms with van der Waals surface area (Å²) in [7, 11) is 1.39. The predicted molar refractivity (Wildman–Crippen MR) is 65.4 cm³/mol. The first kappa shape index (κ1) is 11.3. The Bertz CT molecular complexity index is 491. The summed E-state index contributed by atoms with van der Waals surface area (Å²) in [4.78, 5) is 15.4. The van der Waals surface area contributed by atoms with Crippen molar-refractivity contribution in [1.29, 1.82) is 0 Å². The minimum atomic E-state index is -0.226. The number of aromatic nitrogens is 1. The van der Waals surface area contributed by atoms with Gasteiger partial charge < -0.3 is 4.74 Å². The standard InChI is InChI=1S/C14H13NO2/c1-17-14(16)10-11-5-7-12(8-6-11)13-4-2-3-9-15-13/h2-9H,10H2,1H3. The van der Waals surface area contributed by atoms with Crippen molar-refractivity contribution < 1.29 is 9.53 Å². The maximum absolute atomic E-state index is 11.1. The average molecular weight is 227 g/mol. The lowest BCUT2D eigenvalue weighted by atomic mass is 10.1. The van der Waals surface area contributed by atoms with E-state index in [1.165, 1.54) is 7.11 Å². The number of carbonyl (C=O) groups is 1. The van der Waals surface area contributed by atoms with E-state index < -0.39 is 0 Å². The molecule has 0 radical (unpaired) electrons. The summed E-state index contributed by atoms with van der Waals surface area (Å²) < 4.78 is 4.62. The molecule has 0 amide bonds. The van der Waals surface area contributed by atoms with Gasteiger partial charge in [0, 0.05) is 11.8 Å². The first-order chi connectivity index (χ1) is 8.29. The van der Waals surface area contributed by atoms with Gasteiger partial charge in [0.05, 0.1) is 19.2 Å². The number of carbonyl (C=O) groups excluding carboxylic acids is 1. The van der Waals surface area contributed by atoms with Crippen molar-refractivity contribution in [2.45, 2.75) is 6.42 Å². The zero-order valence-electron chi connectivity index (χ0n) is 9.59. The molecule has 0 N–H and O–H groups in total. The molecule has 0 saturated carbocycles. The average Bonchev–Trinajstić information content (AvgIpc) is 2.40. The Hall–Kier alpha value is -2.16. The number of rotatable bonds is 3. The van der Waals surface area contributed by atoms with Crippen LogP contribution in [0.2, 0.25) is 0 Å². The van der Waals surface area contributed by atoms with Gasteiger partial charge in [0.15, 0.2) is 0 Å². The Morgan fingerprint density at radius 3 is 2.53 bits per heavy atom. The lowest BCUT2D eigenvalue weighted by molar-refractivity contribution is -0.139. The highest BCUT2D eigenvalue weighted by molar-refractivity contribution is 5.72. The molecule has 0 aliphatic rings. The Labute approximate surface area is 100 Å². The summed E-state index contributed by atoms with van der Waals surface area (Å²) in [6.45, 7) is 0. The van der Waals surface area contributed by atoms with Crippen LogP contribution in [-0.2, 0) is 16.0 Å². The number of methoxy groups -OCH3 is 1. The van der Waals surface area contributed by atoms with E-state index >= 15 is 0 Å². The smallest absolute Gasteiger partial charge is 0.309 e. The Morgan fingerprint density at radius 2 is 1.94 bits per heavy atom. The second kappa shape index (κ2) is 5.25. The van der Waals surface area contributed by atoms with Crippen LogP contribution in [0.3, 0.4) is 0 Å². The zero-order chi connectivity index (χ0) is 12.1. The lowest BCUT2D eigenvalue weighted by Gasteiger charge is -2.03. The van der Waals surface area contributed by atoms with Crippen molar-refractivity contribution in [2.24, 2.45) is 0 Å². The topological polar surface area (TPSA) is 39.2 Å². The van der Waals surface area contributed by atoms with Gasteiger partial charge in [-0.25, -0.2) is 0 Å². The van der Waals surface area contributed by atoms with Crippen LogP contribution in [0.5, 0.6) is 0 Å². The van der Waals surface area contributed by atoms with Gasteiger partial charge in [-0.15, -0.1) is 0 Å². The third-order valence-electron chi connectivity index (χ3n) is 2.49. The van der Waals surface area contributed by atoms with E-state index in [4.69, 9.17) is 0 Å². The molecule has 1 aromatic carbocycles. The van der Waals surface area contributed by atoms with Crippen LogP contribution in [0.15, 0.2) is 48.7 Å². The fourth-order valence-electron chi connectivity index (χ4n) is 1.57. The molecule has 1 heterocycles. The third kappa shape index (κ3) is 2.91. The molecule has 3 nitrogen and oxygen atoms in total. The normalized spacial score (nSPS) is 9.94. The van der Waals surface area contributed by atoms with E-state index in [9.17, 15) is 4.79 Å². The first-order valence-corrected chi connectivity index (χ1v) is 5.37. The van der Waals surface area contributed by atoms with Gasteiger partial charge in [0.25, 0.3) is 0 Å². The number of esters is 1. The van der Waals surface area contributed by atoms with Crippen LogP contribution in [0.1, 0.15) is 5.56 Å². The van der Waals surface area contributed by atoms with Crippen molar-refractivity contribution in [3.05, 3.63) is 54.2 Å². The Balaban J connectivity index is 2.16. The monoisotopic (exact) mass is 227 g/mol. The van der Waals surface area contributed by atoms with Gasteiger partial charge in [0.2, 0.25) is 0 Å². The molecular weight excluding hydrogens is 214 g/mol. The Morgan fingerprint density at radius 1 is 1.18 bits per heavy atom. The quantitative estimate of drug-likeness (QED) is 0.756. The van der Waals surface area contributed by atoms with Crippen LogP contribution >= 0.6 is 0 Å². The van der Waals surface area contributed by atoms with Crippen LogP contribution < -0.4 is 0 Å². The van der Waals surface area contributed by atoms with Gasteiger partial charge in [-0.3, -0.25) is 9.78 Å². The van der Waals surface area contributed by atoms with Crippen molar-refractivity contribution >= 4 is 5.97 Å². The van der Waals surface area contributed by atoms with E-state index in [1.54, 1.807) is 6.20 Å². The van der Waals surface area contributed by atoms with Crippen molar-refractivity contribution in [3.8, 4) is 11.3 Å². The van der Waals surface area contributed by atoms with E-state index in [1.807, 2.05) is 42.5 Å². The summed E-state index contributed by atoms with van der Waals surface area (Å²) in [6.07, 6.45) is 2.07. The molecule has 1 aromatic heterocycles. The summed E-state index contributed by atoms with van der Waals surface area (Å²) in [5.41, 5.74) is 2.91. The number of hydrogen-bond donors (Lipinski definition) is 0. The SMILES string of the molecule is COC(=O)Cc1ccc(-c2ccccn2)cc1. The van der Waals surface area contributed by atoms with Crippen molar-refractivity contribution in [1.82, 2.24) is 4.98 Å². The molecule has 0 unspecified atom stereocenters. The minimum Gasteiger partial charge on any atom is -0.469 e. The van der Waals surface area contributed by atoms with Crippen LogP contribution in [0.25, 0.3) is 11.3 Å². The van der Waals surface area contributed by atoms with E-state index in [0.29, 0.717) is 6.42 Å². The van der Waals surface area contributed by atoms with Crippen LogP contribution in [0.4, 0.5) is 0 Å². The molecule has 0 aliphatic heterocycles. The summed E-state index contributed by atoms with van der Waals surface area (Å²) in [6, 6.07) is 13.5. The molecule has 0 spiro atoms. The second-order valence-corrected chi connectivity index (χ2v) is 3.66. The minimum absolute atomic E-state index is 0.226. The maximum Gasteiger partial charge on any atom is 0.309 e. The molecule has 0 aliphatic carbocycles. The lowest BCUT2D eigenvalue weighted by Crippen LogP contribution is -2.04. The van der Waals surface area contributed by atoms with Gasteiger partial charge in [-0.05, 0) is 17.7 Å². The van der Waals surface area contributed by atoms with E-state index in [0.717, 1.165) is 16.8 Å². The fourth-order valence-corrected chi connectivity index (χ4v) is 1.57. The van der Waals surface area contributed by atoms with Crippen LogP contribution in [0, 0.1) is 0 Å². The number of ether oxygens (including phenoxy) is 1. The molecular formula is C14H13NO2. The number of hydrogen-bond acceptors (Lipinski definition) is 3. The number of nitrogens with zero attached hydrogens (tertiary/aromatic N) is 1. The van der Waals surface area contributed by atoms with Gasteiger partial charge in [-0.1, -0.05) is 30.3 Å². The fraction of sp³-hybridized carbons (Fsp3) is 0.143. The summed E-state index contributed by atoms with van der Waals surface area (Å²) in [5, 5.41) is 0. The van der Waals surface area contributed by atoms with E-state index in [-0.39, 0.29) is 5.97 Å². The van der Waals surface area contributed by atoms with Crippen molar-refractivity contribution in [2.75, 3.05) is 7.11 Å². The number of benzene rings is 1. The van der Waals surface area contributed by atoms with E-state index in [2.05, 4.69) is 9.72 Å². The van der Waals surface area contributed by atoms with Gasteiger partial charge in [0.1, 0.15) is 0 Å². The highest BCUT2D eigenvalue weighted by Gasteiger charge is 2.03. The van der Waals surface area contributed by atoms with Crippen LogP contribution in [-0.4, -0.2) is 18.1 Å². The molecule has 2 aromatic rings. The molecule has 86 valence electrons. The molecule has 3 heteroatoms. The highest BCUT2D eigenvalue weighted by atomic mass is 16.5. The molecule has 17 heavy (non-hydrogen) atoms.